The summed E-state index contributed by atoms with van der Waals surface area (Å²) in [6, 6.07) is 9.80. The minimum absolute atomic E-state index is 0.142. The highest BCUT2D eigenvalue weighted by Gasteiger charge is 2.16. The molecule has 1 aliphatic rings. The van der Waals surface area contributed by atoms with Crippen LogP contribution in [0.15, 0.2) is 29.8 Å². The third-order valence-corrected chi connectivity index (χ3v) is 5.49. The predicted octanol–water partition coefficient (Wildman–Crippen LogP) is 6.17. The van der Waals surface area contributed by atoms with Gasteiger partial charge < -0.3 is 10.1 Å². The first-order chi connectivity index (χ1) is 14.2. The lowest BCUT2D eigenvalue weighted by Gasteiger charge is -2.19. The van der Waals surface area contributed by atoms with Gasteiger partial charge >= 0.3 is 0 Å². The van der Waals surface area contributed by atoms with Gasteiger partial charge in [-0.05, 0) is 31.4 Å². The van der Waals surface area contributed by atoms with Crippen LogP contribution in [-0.2, 0) is 4.79 Å². The quantitative estimate of drug-likeness (QED) is 0.462. The zero-order valence-electron chi connectivity index (χ0n) is 17.9. The molecule has 29 heavy (non-hydrogen) atoms. The van der Waals surface area contributed by atoms with Crippen LogP contribution in [0, 0.1) is 11.3 Å². The fraction of sp³-hybridized carbons (Fsp3) is 0.600. The number of carbonyl (C=O) groups is 1. The Bertz CT molecular complexity index is 678. The van der Waals surface area contributed by atoms with Crippen molar-refractivity contribution in [3.8, 4) is 11.8 Å². The van der Waals surface area contributed by atoms with Crippen molar-refractivity contribution in [2.75, 3.05) is 6.61 Å². The lowest BCUT2D eigenvalue weighted by Crippen LogP contribution is -2.35. The second-order valence-electron chi connectivity index (χ2n) is 7.99. The van der Waals surface area contributed by atoms with E-state index in [0.717, 1.165) is 37.7 Å². The Kier molecular flexibility index (Phi) is 11.0. The van der Waals surface area contributed by atoms with Crippen molar-refractivity contribution in [3.05, 3.63) is 35.4 Å². The molecule has 0 unspecified atom stereocenters. The van der Waals surface area contributed by atoms with Crippen molar-refractivity contribution in [3.63, 3.8) is 0 Å². The molecule has 1 fully saturated rings. The summed E-state index contributed by atoms with van der Waals surface area (Å²) < 4.78 is 5.75. The molecule has 1 N–H and O–H groups in total. The highest BCUT2D eigenvalue weighted by atomic mass is 16.5. The number of amides is 1. The van der Waals surface area contributed by atoms with E-state index in [9.17, 15) is 10.1 Å². The van der Waals surface area contributed by atoms with Crippen LogP contribution in [0.5, 0.6) is 5.75 Å². The number of para-hydroxylation sites is 1. The number of benzene rings is 1. The molecule has 158 valence electrons. The van der Waals surface area contributed by atoms with E-state index in [0.29, 0.717) is 12.4 Å². The monoisotopic (exact) mass is 396 g/mol. The first-order valence-corrected chi connectivity index (χ1v) is 11.4. The Morgan fingerprint density at radius 2 is 1.66 bits per heavy atom. The molecule has 0 heterocycles. The summed E-state index contributed by atoms with van der Waals surface area (Å²) in [4.78, 5) is 12.8. The van der Waals surface area contributed by atoms with Gasteiger partial charge in [-0.15, -0.1) is 0 Å². The maximum absolute atomic E-state index is 12.8. The van der Waals surface area contributed by atoms with Crippen molar-refractivity contribution < 1.29 is 9.53 Å². The molecule has 0 spiro atoms. The minimum Gasteiger partial charge on any atom is -0.493 e. The van der Waals surface area contributed by atoms with E-state index in [4.69, 9.17) is 4.74 Å². The standard InChI is InChI=1S/C25H36N2O2/c1-2-18-29-24-17-13-12-14-21(24)19-22(20-26)25(28)27-23-15-10-8-6-4-3-5-7-9-11-16-23/h12-14,17,19,23H,2-11,15-16,18H2,1H3,(H,27,28)/b22-19+. The van der Waals surface area contributed by atoms with Crippen LogP contribution in [0.25, 0.3) is 6.08 Å². The molecule has 2 rings (SSSR count). The summed E-state index contributed by atoms with van der Waals surface area (Å²) in [6.45, 7) is 2.66. The van der Waals surface area contributed by atoms with E-state index < -0.39 is 0 Å². The number of nitrogens with one attached hydrogen (secondary N) is 1. The van der Waals surface area contributed by atoms with Crippen molar-refractivity contribution in [2.24, 2.45) is 0 Å². The van der Waals surface area contributed by atoms with Crippen LogP contribution < -0.4 is 10.1 Å². The second kappa shape index (κ2) is 13.8. The zero-order chi connectivity index (χ0) is 20.7. The van der Waals surface area contributed by atoms with Crippen LogP contribution in [0.2, 0.25) is 0 Å². The van der Waals surface area contributed by atoms with E-state index >= 15 is 0 Å². The van der Waals surface area contributed by atoms with Crippen molar-refractivity contribution in [1.82, 2.24) is 5.32 Å². The molecule has 0 aliphatic heterocycles. The number of ether oxygens (including phenoxy) is 1. The highest BCUT2D eigenvalue weighted by molar-refractivity contribution is 6.02. The summed E-state index contributed by atoms with van der Waals surface area (Å²) in [5.74, 6) is 0.441. The molecule has 0 bridgehead atoms. The third kappa shape index (κ3) is 8.73. The van der Waals surface area contributed by atoms with E-state index in [2.05, 4.69) is 18.3 Å². The molecule has 1 saturated carbocycles. The van der Waals surface area contributed by atoms with E-state index in [1.165, 1.54) is 44.9 Å². The third-order valence-electron chi connectivity index (χ3n) is 5.49. The van der Waals surface area contributed by atoms with Crippen molar-refractivity contribution in [2.45, 2.75) is 90.0 Å². The Morgan fingerprint density at radius 1 is 1.07 bits per heavy atom. The van der Waals surface area contributed by atoms with Gasteiger partial charge in [0.1, 0.15) is 17.4 Å². The number of hydrogen-bond donors (Lipinski definition) is 1. The van der Waals surface area contributed by atoms with Gasteiger partial charge in [0.05, 0.1) is 6.61 Å². The normalized spacial score (nSPS) is 17.4. The minimum atomic E-state index is -0.269. The average Bonchev–Trinajstić information content (AvgIpc) is 2.73. The van der Waals surface area contributed by atoms with Gasteiger partial charge in [-0.2, -0.15) is 5.26 Å². The van der Waals surface area contributed by atoms with Gasteiger partial charge in [0.25, 0.3) is 5.91 Å². The summed E-state index contributed by atoms with van der Waals surface area (Å²) in [5, 5.41) is 12.7. The molecular formula is C25H36N2O2. The van der Waals surface area contributed by atoms with Crippen LogP contribution in [0.1, 0.15) is 89.5 Å². The molecule has 4 heteroatoms. The van der Waals surface area contributed by atoms with Crippen LogP contribution >= 0.6 is 0 Å². The number of nitrogens with zero attached hydrogens (tertiary/aromatic N) is 1. The molecule has 0 aromatic heterocycles. The fourth-order valence-corrected chi connectivity index (χ4v) is 3.82. The molecule has 0 atom stereocenters. The van der Waals surface area contributed by atoms with Gasteiger partial charge in [0.15, 0.2) is 0 Å². The predicted molar refractivity (Wildman–Crippen MR) is 119 cm³/mol. The molecule has 1 aromatic rings. The Balaban J connectivity index is 2.03. The number of hydrogen-bond acceptors (Lipinski definition) is 3. The van der Waals surface area contributed by atoms with Gasteiger partial charge in [-0.25, -0.2) is 0 Å². The summed E-state index contributed by atoms with van der Waals surface area (Å²) >= 11 is 0. The average molecular weight is 397 g/mol. The largest absolute Gasteiger partial charge is 0.493 e. The maximum Gasteiger partial charge on any atom is 0.262 e. The Labute approximate surface area is 176 Å². The van der Waals surface area contributed by atoms with E-state index in [1.807, 2.05) is 24.3 Å². The maximum atomic E-state index is 12.8. The van der Waals surface area contributed by atoms with Gasteiger partial charge in [0.2, 0.25) is 0 Å². The molecular weight excluding hydrogens is 360 g/mol. The Morgan fingerprint density at radius 3 is 2.24 bits per heavy atom. The summed E-state index contributed by atoms with van der Waals surface area (Å²) in [7, 11) is 0. The molecule has 0 saturated heterocycles. The van der Waals surface area contributed by atoms with E-state index in [1.54, 1.807) is 6.08 Å². The molecule has 1 aromatic carbocycles. The number of nitriles is 1. The number of rotatable bonds is 6. The molecule has 1 amide bonds. The molecule has 4 nitrogen and oxygen atoms in total. The lowest BCUT2D eigenvalue weighted by atomic mass is 9.97. The first-order valence-electron chi connectivity index (χ1n) is 11.4. The van der Waals surface area contributed by atoms with Crippen LogP contribution in [0.4, 0.5) is 0 Å². The Hall–Kier alpha value is -2.28. The smallest absolute Gasteiger partial charge is 0.262 e. The van der Waals surface area contributed by atoms with Crippen LogP contribution in [0.3, 0.4) is 0 Å². The lowest BCUT2D eigenvalue weighted by molar-refractivity contribution is -0.117. The van der Waals surface area contributed by atoms with E-state index in [-0.39, 0.29) is 17.5 Å². The van der Waals surface area contributed by atoms with Crippen LogP contribution in [-0.4, -0.2) is 18.6 Å². The summed E-state index contributed by atoms with van der Waals surface area (Å²) in [5.41, 5.74) is 0.912. The molecule has 1 aliphatic carbocycles. The highest BCUT2D eigenvalue weighted by Crippen LogP contribution is 2.22. The SMILES string of the molecule is CCCOc1ccccc1/C=C(\C#N)C(=O)NC1CCCCCCCCCCC1. The first kappa shape index (κ1) is 23.0. The summed E-state index contributed by atoms with van der Waals surface area (Å²) in [6.07, 6.45) is 15.9. The topological polar surface area (TPSA) is 62.1 Å². The molecule has 0 radical (unpaired) electrons. The van der Waals surface area contributed by atoms with Crippen molar-refractivity contribution in [1.29, 1.82) is 5.26 Å². The van der Waals surface area contributed by atoms with Gasteiger partial charge in [0, 0.05) is 11.6 Å². The number of carbonyl (C=O) groups excluding carboxylic acids is 1. The zero-order valence-corrected chi connectivity index (χ0v) is 17.9. The van der Waals surface area contributed by atoms with Gasteiger partial charge in [-0.1, -0.05) is 82.9 Å². The second-order valence-corrected chi connectivity index (χ2v) is 7.99. The fourth-order valence-electron chi connectivity index (χ4n) is 3.82. The van der Waals surface area contributed by atoms with Crippen molar-refractivity contribution >= 4 is 12.0 Å². The van der Waals surface area contributed by atoms with Gasteiger partial charge in [-0.3, -0.25) is 4.79 Å².